The largest absolute Gasteiger partial charge is 0.462 e. The maximum Gasteiger partial charge on any atom is 0.328 e. The molecule has 0 aliphatic rings. The number of ether oxygens (including phenoxy) is 2. The zero-order chi connectivity index (χ0) is 53.6. The lowest BCUT2D eigenvalue weighted by Crippen LogP contribution is -2.43. The number of nitrogens with zero attached hydrogens (tertiary/aromatic N) is 3. The van der Waals surface area contributed by atoms with E-state index in [1.807, 2.05) is 0 Å². The molecule has 0 radical (unpaired) electrons. The van der Waals surface area contributed by atoms with Crippen molar-refractivity contribution in [2.75, 3.05) is 81.5 Å². The van der Waals surface area contributed by atoms with E-state index < -0.39 is 18.1 Å². The van der Waals surface area contributed by atoms with E-state index in [0.717, 1.165) is 89.5 Å². The predicted molar refractivity (Wildman–Crippen MR) is 296 cm³/mol. The van der Waals surface area contributed by atoms with Gasteiger partial charge in [-0.1, -0.05) is 109 Å². The number of nitrogen functional groups attached to an aromatic ring is 1. The van der Waals surface area contributed by atoms with Crippen LogP contribution in [-0.2, 0) is 35.2 Å². The number of unbranched alkanes of at least 4 members (excludes halogenated alkanes) is 14. The number of anilines is 2. The number of fused-ring (bicyclic) bond motifs is 1. The normalized spacial score (nSPS) is 12.1. The lowest BCUT2D eigenvalue weighted by Gasteiger charge is -2.18. The summed E-state index contributed by atoms with van der Waals surface area (Å²) in [6, 6.07) is 6.07. The van der Waals surface area contributed by atoms with Gasteiger partial charge in [0, 0.05) is 50.0 Å². The molecular weight excluding hydrogens is 965 g/mol. The number of esters is 2. The van der Waals surface area contributed by atoms with Gasteiger partial charge >= 0.3 is 17.6 Å². The number of nitrogens with one attached hydrogen (secondary N) is 7. The van der Waals surface area contributed by atoms with E-state index >= 15 is 0 Å². The van der Waals surface area contributed by atoms with Crippen molar-refractivity contribution in [3.8, 4) is 0 Å². The second-order valence-corrected chi connectivity index (χ2v) is 20.0. The van der Waals surface area contributed by atoms with E-state index in [0.29, 0.717) is 60.2 Å². The Morgan fingerprint density at radius 2 is 1.30 bits per heavy atom. The summed E-state index contributed by atoms with van der Waals surface area (Å²) in [5.74, 6) is -0.401. The fraction of sp³-hybridized carbons (Fsp3) is 0.698. The number of rotatable bonds is 44. The van der Waals surface area contributed by atoms with Crippen molar-refractivity contribution < 1.29 is 33.4 Å². The molecule has 20 nitrogen and oxygen atoms in total. The van der Waals surface area contributed by atoms with Gasteiger partial charge in [-0.25, -0.2) is 4.79 Å². The summed E-state index contributed by atoms with van der Waals surface area (Å²) in [5.41, 5.74) is 13.8. The summed E-state index contributed by atoms with van der Waals surface area (Å²) in [7, 11) is 0. The molecule has 74 heavy (non-hydrogen) atoms. The highest BCUT2D eigenvalue weighted by molar-refractivity contribution is 7.99. The molecule has 0 aliphatic carbocycles. The van der Waals surface area contributed by atoms with Gasteiger partial charge in [0.15, 0.2) is 11.5 Å². The van der Waals surface area contributed by atoms with Crippen LogP contribution in [0.2, 0.25) is 0 Å². The van der Waals surface area contributed by atoms with Crippen LogP contribution in [0.5, 0.6) is 0 Å². The van der Waals surface area contributed by atoms with Gasteiger partial charge in [-0.05, 0) is 82.4 Å². The Kier molecular flexibility index (Phi) is 33.4. The topological polar surface area (TPSA) is 292 Å². The first kappa shape index (κ1) is 63.0. The van der Waals surface area contributed by atoms with Crippen molar-refractivity contribution in [2.45, 2.75) is 168 Å². The van der Waals surface area contributed by atoms with Crippen LogP contribution in [0.1, 0.15) is 165 Å². The number of amides is 3. The van der Waals surface area contributed by atoms with Crippen molar-refractivity contribution in [3.05, 3.63) is 45.9 Å². The molecular formula is C53H90N12O8S. The molecule has 0 fully saturated rings. The summed E-state index contributed by atoms with van der Waals surface area (Å²) in [4.78, 5) is 85.9. The first-order chi connectivity index (χ1) is 35.9. The van der Waals surface area contributed by atoms with E-state index in [1.165, 1.54) is 87.5 Å². The highest BCUT2D eigenvalue weighted by Gasteiger charge is 2.20. The van der Waals surface area contributed by atoms with E-state index in [9.17, 15) is 28.8 Å². The first-order valence-electron chi connectivity index (χ1n) is 27.4. The summed E-state index contributed by atoms with van der Waals surface area (Å²) in [6.07, 6.45) is 21.1. The number of aromatic nitrogens is 4. The second kappa shape index (κ2) is 39.2. The zero-order valence-corrected chi connectivity index (χ0v) is 45.6. The van der Waals surface area contributed by atoms with Crippen molar-refractivity contribution >= 4 is 64.4 Å². The molecule has 3 amide bonds. The maximum absolute atomic E-state index is 12.8. The van der Waals surface area contributed by atoms with Gasteiger partial charge in [-0.15, -0.1) is 0 Å². The minimum absolute atomic E-state index is 0.0278. The van der Waals surface area contributed by atoms with Gasteiger partial charge in [0.25, 0.3) is 5.91 Å². The fourth-order valence-corrected chi connectivity index (χ4v) is 8.90. The van der Waals surface area contributed by atoms with Crippen LogP contribution in [0, 0.1) is 0 Å². The standard InChI is InChI=1S/C53H90N12O8S/c1-4-6-8-9-10-11-12-13-14-15-16-17-18-23-46(68)73-43(37-72-40(3)66)38-74-39-44(54)51(70)59-34-22-31-57-29-20-19-28-56-30-21-33-58-45(67)35-61-50(69)42-26-24-41(25-27-42)36-65-49-47(62-53(65)71)48(55)63-52(64-49)60-32-7-5-2/h24-27,43-44,56-57H,4-23,28-39,54H2,1-3H3,(H,58,67)(H,59,70)(H,61,69)(H,62,71)(H3,55,60,63,64)/t43?,44-/m0/s1. The van der Waals surface area contributed by atoms with Crippen LogP contribution in [0.3, 0.4) is 0 Å². The van der Waals surface area contributed by atoms with Gasteiger partial charge in [0.05, 0.1) is 19.1 Å². The van der Waals surface area contributed by atoms with Crippen LogP contribution in [0.15, 0.2) is 29.1 Å². The Hall–Kier alpha value is -5.25. The summed E-state index contributed by atoms with van der Waals surface area (Å²) < 4.78 is 12.2. The van der Waals surface area contributed by atoms with Gasteiger partial charge in [0.1, 0.15) is 18.2 Å². The van der Waals surface area contributed by atoms with Gasteiger partial charge < -0.3 is 57.8 Å². The number of benzene rings is 1. The number of imidazole rings is 1. The SMILES string of the molecule is CCCCCCCCCCCCCCCC(=O)OC(COC(C)=O)CSC[C@H](N)C(=O)NCCCNCCCCNCCCNC(=O)CNC(=O)c1ccc(Cn2c(=O)[nH]c3c(N)nc(NCCCC)nc32)cc1. The number of carbonyl (C=O) groups is 5. The van der Waals surface area contributed by atoms with Crippen LogP contribution < -0.4 is 49.1 Å². The minimum Gasteiger partial charge on any atom is -0.462 e. The monoisotopic (exact) mass is 1050 g/mol. The molecule has 2 aromatic heterocycles. The van der Waals surface area contributed by atoms with E-state index in [2.05, 4.69) is 60.7 Å². The number of thioether (sulfide) groups is 1. The number of hydrogen-bond acceptors (Lipinski definition) is 16. The molecule has 1 unspecified atom stereocenters. The van der Waals surface area contributed by atoms with Crippen LogP contribution in [0.4, 0.5) is 11.8 Å². The Morgan fingerprint density at radius 1 is 0.703 bits per heavy atom. The molecule has 0 aliphatic heterocycles. The maximum atomic E-state index is 12.8. The van der Waals surface area contributed by atoms with Gasteiger partial charge in [0.2, 0.25) is 17.8 Å². The number of carbonyl (C=O) groups excluding carboxylic acids is 5. The number of nitrogens with two attached hydrogens (primary N) is 2. The highest BCUT2D eigenvalue weighted by atomic mass is 32.2. The predicted octanol–water partition coefficient (Wildman–Crippen LogP) is 5.68. The fourth-order valence-electron chi connectivity index (χ4n) is 7.93. The van der Waals surface area contributed by atoms with Crippen molar-refractivity contribution in [3.63, 3.8) is 0 Å². The van der Waals surface area contributed by atoms with E-state index in [1.54, 1.807) is 24.3 Å². The average Bonchev–Trinajstić information content (AvgIpc) is 3.70. The third kappa shape index (κ3) is 27.9. The third-order valence-electron chi connectivity index (χ3n) is 12.3. The lowest BCUT2D eigenvalue weighted by atomic mass is 10.0. The molecule has 1 aromatic carbocycles. The molecule has 416 valence electrons. The quantitative estimate of drug-likeness (QED) is 0.0243. The third-order valence-corrected chi connectivity index (χ3v) is 13.5. The smallest absolute Gasteiger partial charge is 0.328 e. The lowest BCUT2D eigenvalue weighted by molar-refractivity contribution is -0.156. The average molecular weight is 1060 g/mol. The summed E-state index contributed by atoms with van der Waals surface area (Å²) in [5, 5.41) is 18.3. The zero-order valence-electron chi connectivity index (χ0n) is 44.8. The minimum atomic E-state index is -0.720. The van der Waals surface area contributed by atoms with Crippen LogP contribution >= 0.6 is 11.8 Å². The molecule has 2 heterocycles. The molecule has 11 N–H and O–H groups in total. The molecule has 0 spiro atoms. The Morgan fingerprint density at radius 3 is 1.92 bits per heavy atom. The summed E-state index contributed by atoms with van der Waals surface area (Å²) in [6.45, 7) is 10.5. The van der Waals surface area contributed by atoms with E-state index in [4.69, 9.17) is 20.9 Å². The van der Waals surface area contributed by atoms with Crippen molar-refractivity contribution in [1.29, 1.82) is 0 Å². The molecule has 3 rings (SSSR count). The number of hydrogen-bond donors (Lipinski definition) is 9. The van der Waals surface area contributed by atoms with Gasteiger partial charge in [-0.3, -0.25) is 28.5 Å². The Bertz CT molecular complexity index is 2120. The van der Waals surface area contributed by atoms with Crippen LogP contribution in [-0.4, -0.2) is 132 Å². The van der Waals surface area contributed by atoms with E-state index in [-0.39, 0.29) is 54.9 Å². The molecule has 0 bridgehead atoms. The Balaban J connectivity index is 1.14. The second-order valence-electron chi connectivity index (χ2n) is 18.9. The van der Waals surface area contributed by atoms with Crippen LogP contribution in [0.25, 0.3) is 11.2 Å². The molecule has 2 atom stereocenters. The summed E-state index contributed by atoms with van der Waals surface area (Å²) >= 11 is 1.39. The Labute approximate surface area is 443 Å². The first-order valence-corrected chi connectivity index (χ1v) is 28.6. The number of H-pyrrole nitrogens is 1. The molecule has 21 heteroatoms. The van der Waals surface area contributed by atoms with Gasteiger partial charge in [-0.2, -0.15) is 21.7 Å². The number of aromatic amines is 1. The molecule has 0 saturated carbocycles. The molecule has 0 saturated heterocycles. The molecule has 3 aromatic rings. The van der Waals surface area contributed by atoms with Crippen molar-refractivity contribution in [2.24, 2.45) is 5.73 Å². The highest BCUT2D eigenvalue weighted by Crippen LogP contribution is 2.19. The van der Waals surface area contributed by atoms with Crippen molar-refractivity contribution in [1.82, 2.24) is 46.1 Å².